The first-order valence-electron chi connectivity index (χ1n) is 12.0. The van der Waals surface area contributed by atoms with Crippen molar-refractivity contribution in [3.8, 4) is 16.9 Å². The van der Waals surface area contributed by atoms with Gasteiger partial charge in [-0.15, -0.1) is 0 Å². The molecule has 2 atom stereocenters. The summed E-state index contributed by atoms with van der Waals surface area (Å²) in [7, 11) is 1.58. The minimum absolute atomic E-state index is 0.220. The largest absolute Gasteiger partial charge is 0.496 e. The molecule has 0 spiro atoms. The molecule has 1 N–H and O–H groups in total. The second-order valence-corrected chi connectivity index (χ2v) is 9.40. The number of rotatable bonds is 10. The first-order chi connectivity index (χ1) is 17.8. The molecule has 6 nitrogen and oxygen atoms in total. The zero-order valence-electron chi connectivity index (χ0n) is 20.7. The molecule has 1 aliphatic rings. The highest BCUT2D eigenvalue weighted by Gasteiger charge is 2.39. The summed E-state index contributed by atoms with van der Waals surface area (Å²) >= 11 is 5.94. The summed E-state index contributed by atoms with van der Waals surface area (Å²) < 4.78 is 11.3. The molecule has 0 aromatic heterocycles. The van der Waals surface area contributed by atoms with E-state index in [1.807, 2.05) is 60.7 Å². The van der Waals surface area contributed by atoms with Gasteiger partial charge in [-0.05, 0) is 71.2 Å². The number of ether oxygens (including phenoxy) is 2. The van der Waals surface area contributed by atoms with Crippen LogP contribution in [-0.2, 0) is 27.2 Å². The van der Waals surface area contributed by atoms with E-state index in [0.717, 1.165) is 22.3 Å². The Morgan fingerprint density at radius 2 is 1.81 bits per heavy atom. The van der Waals surface area contributed by atoms with Crippen molar-refractivity contribution in [1.82, 2.24) is 0 Å². The summed E-state index contributed by atoms with van der Waals surface area (Å²) in [6, 6.07) is 20.6. The van der Waals surface area contributed by atoms with Crippen LogP contribution >= 0.6 is 11.6 Å². The van der Waals surface area contributed by atoms with Crippen LogP contribution in [0.2, 0.25) is 5.02 Å². The summed E-state index contributed by atoms with van der Waals surface area (Å²) in [4.78, 5) is 29.2. The number of carboxylic acid groups (broad SMARTS) is 1. The van der Waals surface area contributed by atoms with Gasteiger partial charge in [0, 0.05) is 24.1 Å². The molecule has 4 rings (SSSR count). The van der Waals surface area contributed by atoms with Crippen LogP contribution < -0.4 is 4.74 Å². The molecule has 0 bridgehead atoms. The Balaban J connectivity index is 1.56. The van der Waals surface area contributed by atoms with E-state index in [1.54, 1.807) is 38.5 Å². The quantitative estimate of drug-likeness (QED) is 0.338. The van der Waals surface area contributed by atoms with Crippen LogP contribution in [0.4, 0.5) is 0 Å². The molecular weight excluding hydrogens is 490 g/mol. The predicted molar refractivity (Wildman–Crippen MR) is 145 cm³/mol. The van der Waals surface area contributed by atoms with Gasteiger partial charge in [0.25, 0.3) is 0 Å². The molecule has 1 aliphatic heterocycles. The lowest BCUT2D eigenvalue weighted by Gasteiger charge is -2.24. The average Bonchev–Trinajstić information content (AvgIpc) is 3.39. The molecule has 190 valence electrons. The minimum Gasteiger partial charge on any atom is -0.496 e. The van der Waals surface area contributed by atoms with Crippen molar-refractivity contribution in [2.24, 2.45) is 4.99 Å². The van der Waals surface area contributed by atoms with Crippen LogP contribution in [0.25, 0.3) is 11.1 Å². The lowest BCUT2D eigenvalue weighted by Crippen LogP contribution is -2.38. The molecular formula is C30H28ClNO5. The van der Waals surface area contributed by atoms with Gasteiger partial charge in [-0.2, -0.15) is 0 Å². The number of hydrogen-bond acceptors (Lipinski definition) is 5. The molecule has 2 unspecified atom stereocenters. The average molecular weight is 518 g/mol. The third-order valence-corrected chi connectivity index (χ3v) is 6.74. The minimum atomic E-state index is -1.19. The molecule has 3 aromatic carbocycles. The molecule has 7 heteroatoms. The summed E-state index contributed by atoms with van der Waals surface area (Å²) in [6.07, 6.45) is 5.92. The molecule has 0 saturated carbocycles. The van der Waals surface area contributed by atoms with Crippen LogP contribution in [0, 0.1) is 0 Å². The Morgan fingerprint density at radius 3 is 2.49 bits per heavy atom. The van der Waals surface area contributed by atoms with E-state index < -0.39 is 23.4 Å². The number of benzene rings is 3. The zero-order valence-corrected chi connectivity index (χ0v) is 21.4. The van der Waals surface area contributed by atoms with Crippen molar-refractivity contribution in [3.63, 3.8) is 0 Å². The molecule has 0 radical (unpaired) electrons. The SMILES string of the molecule is COc1ccc(-c2cccc(C(C)C(=O)O)c2)cc1CC1(C(=O)OCCc2ccc(Cl)cc2)C=CC=N1. The van der Waals surface area contributed by atoms with Crippen molar-refractivity contribution in [2.45, 2.75) is 31.2 Å². The normalized spacial score (nSPS) is 16.9. The van der Waals surface area contributed by atoms with E-state index >= 15 is 0 Å². The lowest BCUT2D eigenvalue weighted by molar-refractivity contribution is -0.148. The van der Waals surface area contributed by atoms with Gasteiger partial charge in [0.15, 0.2) is 5.54 Å². The highest BCUT2D eigenvalue weighted by atomic mass is 35.5. The van der Waals surface area contributed by atoms with E-state index in [4.69, 9.17) is 21.1 Å². The smallest absolute Gasteiger partial charge is 0.338 e. The molecule has 37 heavy (non-hydrogen) atoms. The van der Waals surface area contributed by atoms with Gasteiger partial charge in [0.1, 0.15) is 5.75 Å². The Hall–Kier alpha value is -3.90. The van der Waals surface area contributed by atoms with Crippen molar-refractivity contribution < 1.29 is 24.2 Å². The number of esters is 1. The number of carboxylic acids is 1. The molecule has 0 aliphatic carbocycles. The highest BCUT2D eigenvalue weighted by Crippen LogP contribution is 2.33. The van der Waals surface area contributed by atoms with E-state index in [0.29, 0.717) is 22.8 Å². The first-order valence-corrected chi connectivity index (χ1v) is 12.3. The fourth-order valence-electron chi connectivity index (χ4n) is 4.27. The third-order valence-electron chi connectivity index (χ3n) is 6.48. The number of hydrogen-bond donors (Lipinski definition) is 1. The third kappa shape index (κ3) is 6.09. The Labute approximate surface area is 221 Å². The van der Waals surface area contributed by atoms with Gasteiger partial charge in [-0.1, -0.05) is 54.1 Å². The molecule has 0 fully saturated rings. The van der Waals surface area contributed by atoms with Crippen LogP contribution in [0.15, 0.2) is 83.9 Å². The topological polar surface area (TPSA) is 85.2 Å². The van der Waals surface area contributed by atoms with Gasteiger partial charge in [0.2, 0.25) is 0 Å². The van der Waals surface area contributed by atoms with Crippen molar-refractivity contribution in [1.29, 1.82) is 0 Å². The fourth-order valence-corrected chi connectivity index (χ4v) is 4.40. The molecule has 3 aromatic rings. The second kappa shape index (κ2) is 11.4. The van der Waals surface area contributed by atoms with E-state index in [2.05, 4.69) is 4.99 Å². The van der Waals surface area contributed by atoms with Crippen LogP contribution in [-0.4, -0.2) is 42.5 Å². The van der Waals surface area contributed by atoms with Crippen LogP contribution in [0.3, 0.4) is 0 Å². The van der Waals surface area contributed by atoms with Crippen LogP contribution in [0.5, 0.6) is 5.75 Å². The van der Waals surface area contributed by atoms with Crippen molar-refractivity contribution in [2.75, 3.05) is 13.7 Å². The maximum atomic E-state index is 13.2. The van der Waals surface area contributed by atoms with Crippen LogP contribution in [0.1, 0.15) is 29.5 Å². The Kier molecular flexibility index (Phi) is 8.09. The Morgan fingerprint density at radius 1 is 1.05 bits per heavy atom. The number of nitrogens with zero attached hydrogens (tertiary/aromatic N) is 1. The fraction of sp³-hybridized carbons (Fsp3) is 0.233. The maximum Gasteiger partial charge on any atom is 0.338 e. The number of allylic oxidation sites excluding steroid dienone is 1. The van der Waals surface area contributed by atoms with Crippen molar-refractivity contribution in [3.05, 3.63) is 101 Å². The second-order valence-electron chi connectivity index (χ2n) is 8.96. The zero-order chi connectivity index (χ0) is 26.4. The van der Waals surface area contributed by atoms with Gasteiger partial charge in [-0.25, -0.2) is 4.79 Å². The number of aliphatic carboxylic acids is 1. The highest BCUT2D eigenvalue weighted by molar-refractivity contribution is 6.30. The summed E-state index contributed by atoms with van der Waals surface area (Å²) in [5.74, 6) is -1.31. The molecule has 0 amide bonds. The predicted octanol–water partition coefficient (Wildman–Crippen LogP) is 5.91. The first kappa shape index (κ1) is 26.2. The molecule has 0 saturated heterocycles. The number of halogens is 1. The van der Waals surface area contributed by atoms with Gasteiger partial charge in [-0.3, -0.25) is 9.79 Å². The summed E-state index contributed by atoms with van der Waals surface area (Å²) in [5.41, 5.74) is 3.09. The number of carbonyl (C=O) groups is 2. The van der Waals surface area contributed by atoms with Gasteiger partial charge < -0.3 is 14.6 Å². The van der Waals surface area contributed by atoms with Gasteiger partial charge >= 0.3 is 11.9 Å². The summed E-state index contributed by atoms with van der Waals surface area (Å²) in [6.45, 7) is 1.88. The number of aliphatic imine (C=N–C) groups is 1. The van der Waals surface area contributed by atoms with Crippen molar-refractivity contribution >= 4 is 29.8 Å². The monoisotopic (exact) mass is 517 g/mol. The number of methoxy groups -OCH3 is 1. The van der Waals surface area contributed by atoms with Gasteiger partial charge in [0.05, 0.1) is 19.6 Å². The van der Waals surface area contributed by atoms with E-state index in [-0.39, 0.29) is 13.0 Å². The number of carbonyl (C=O) groups excluding carboxylic acids is 1. The molecule has 1 heterocycles. The summed E-state index contributed by atoms with van der Waals surface area (Å²) in [5, 5.41) is 10.1. The van der Waals surface area contributed by atoms with E-state index in [1.165, 1.54) is 0 Å². The van der Waals surface area contributed by atoms with E-state index in [9.17, 15) is 14.7 Å². The Bertz CT molecular complexity index is 1330. The standard InChI is InChI=1S/C30H28ClNO5/c1-20(28(33)34)22-5-3-6-23(17-22)24-9-12-27(36-2)25(18-24)19-30(14-4-15-32-30)29(35)37-16-13-21-7-10-26(31)11-8-21/h3-12,14-15,17-18,20H,13,16,19H2,1-2H3,(H,33,34). The lowest BCUT2D eigenvalue weighted by atomic mass is 9.89. The maximum absolute atomic E-state index is 13.2.